The number of ether oxygens (including phenoxy) is 1. The summed E-state index contributed by atoms with van der Waals surface area (Å²) in [6.45, 7) is 2.61. The Kier molecular flexibility index (Phi) is 3.69. The number of rotatable bonds is 4. The minimum Gasteiger partial charge on any atom is -0.384 e. The predicted octanol–water partition coefficient (Wildman–Crippen LogP) is 2.01. The number of hydrogen-bond acceptors (Lipinski definition) is 4. The molecule has 1 aliphatic heterocycles. The second-order valence-electron chi connectivity index (χ2n) is 5.28. The smallest absolute Gasteiger partial charge is 0.170 e. The Morgan fingerprint density at radius 2 is 2.40 bits per heavy atom. The van der Waals surface area contributed by atoms with E-state index >= 15 is 0 Å². The van der Waals surface area contributed by atoms with E-state index in [1.54, 1.807) is 7.11 Å². The van der Waals surface area contributed by atoms with Crippen molar-refractivity contribution in [3.05, 3.63) is 30.1 Å². The number of aldehydes is 1. The molecule has 0 radical (unpaired) electrons. The molecule has 0 N–H and O–H groups in total. The van der Waals surface area contributed by atoms with Crippen LogP contribution in [0, 0.1) is 5.92 Å². The second kappa shape index (κ2) is 5.63. The van der Waals surface area contributed by atoms with Gasteiger partial charge in [-0.2, -0.15) is 0 Å². The van der Waals surface area contributed by atoms with Crippen LogP contribution in [0.5, 0.6) is 0 Å². The van der Waals surface area contributed by atoms with E-state index in [-0.39, 0.29) is 0 Å². The van der Waals surface area contributed by atoms with Gasteiger partial charge in [0.25, 0.3) is 0 Å². The van der Waals surface area contributed by atoms with E-state index in [0.717, 1.165) is 43.9 Å². The minimum atomic E-state index is 0.512. The van der Waals surface area contributed by atoms with E-state index < -0.39 is 0 Å². The summed E-state index contributed by atoms with van der Waals surface area (Å²) in [5.74, 6) is 1.31. The van der Waals surface area contributed by atoms with Crippen molar-refractivity contribution < 1.29 is 9.53 Å². The summed E-state index contributed by atoms with van der Waals surface area (Å²) < 4.78 is 7.11. The Bertz CT molecular complexity index is 606. The van der Waals surface area contributed by atoms with Crippen molar-refractivity contribution in [3.8, 4) is 0 Å². The summed E-state index contributed by atoms with van der Waals surface area (Å²) in [5, 5.41) is 0. The molecule has 1 fully saturated rings. The van der Waals surface area contributed by atoms with Crippen LogP contribution < -0.4 is 4.90 Å². The number of carbonyl (C=O) groups excluding carboxylic acids is 1. The van der Waals surface area contributed by atoms with Crippen LogP contribution in [0.2, 0.25) is 0 Å². The first-order chi connectivity index (χ1) is 9.83. The molecule has 2 aromatic rings. The summed E-state index contributed by atoms with van der Waals surface area (Å²) in [5.41, 5.74) is 1.46. The molecule has 0 saturated carbocycles. The summed E-state index contributed by atoms with van der Waals surface area (Å²) in [7, 11) is 1.74. The molecule has 0 amide bonds. The van der Waals surface area contributed by atoms with Crippen LogP contribution in [0.25, 0.3) is 5.65 Å². The Morgan fingerprint density at radius 1 is 1.50 bits per heavy atom. The fourth-order valence-corrected chi connectivity index (χ4v) is 2.97. The maximum absolute atomic E-state index is 11.4. The van der Waals surface area contributed by atoms with Crippen molar-refractivity contribution in [2.75, 3.05) is 31.7 Å². The zero-order valence-corrected chi connectivity index (χ0v) is 11.7. The van der Waals surface area contributed by atoms with Crippen LogP contribution >= 0.6 is 0 Å². The van der Waals surface area contributed by atoms with Gasteiger partial charge in [-0.3, -0.25) is 9.20 Å². The average Bonchev–Trinajstić information content (AvgIpc) is 2.86. The van der Waals surface area contributed by atoms with Gasteiger partial charge < -0.3 is 9.64 Å². The average molecular weight is 273 g/mol. The highest BCUT2D eigenvalue weighted by Crippen LogP contribution is 2.26. The summed E-state index contributed by atoms with van der Waals surface area (Å²) >= 11 is 0. The van der Waals surface area contributed by atoms with Crippen LogP contribution in [0.15, 0.2) is 24.4 Å². The molecule has 1 aliphatic rings. The molecule has 106 valence electrons. The first kappa shape index (κ1) is 13.1. The topological polar surface area (TPSA) is 46.8 Å². The molecule has 3 heterocycles. The van der Waals surface area contributed by atoms with Crippen molar-refractivity contribution in [2.45, 2.75) is 12.8 Å². The molecule has 5 nitrogen and oxygen atoms in total. The van der Waals surface area contributed by atoms with Crippen molar-refractivity contribution in [3.63, 3.8) is 0 Å². The van der Waals surface area contributed by atoms with Gasteiger partial charge >= 0.3 is 0 Å². The van der Waals surface area contributed by atoms with Crippen LogP contribution in [-0.2, 0) is 4.74 Å². The van der Waals surface area contributed by atoms with Gasteiger partial charge in [0.05, 0.1) is 6.61 Å². The SMILES string of the molecule is COCC1CCCN(c2nc3ccccn3c2C=O)C1. The lowest BCUT2D eigenvalue weighted by molar-refractivity contribution is 0.111. The van der Waals surface area contributed by atoms with E-state index in [2.05, 4.69) is 9.88 Å². The molecule has 1 saturated heterocycles. The Morgan fingerprint density at radius 3 is 3.20 bits per heavy atom. The lowest BCUT2D eigenvalue weighted by atomic mass is 9.99. The van der Waals surface area contributed by atoms with Gasteiger partial charge in [-0.15, -0.1) is 0 Å². The van der Waals surface area contributed by atoms with Gasteiger partial charge in [-0.1, -0.05) is 6.07 Å². The third-order valence-corrected chi connectivity index (χ3v) is 3.88. The highest BCUT2D eigenvalue weighted by molar-refractivity contribution is 5.83. The maximum atomic E-state index is 11.4. The number of pyridine rings is 1. The van der Waals surface area contributed by atoms with E-state index in [0.29, 0.717) is 11.6 Å². The number of aromatic nitrogens is 2. The summed E-state index contributed by atoms with van der Waals surface area (Å²) in [6.07, 6.45) is 5.07. The van der Waals surface area contributed by atoms with Crippen molar-refractivity contribution in [2.24, 2.45) is 5.92 Å². The van der Waals surface area contributed by atoms with Gasteiger partial charge in [0, 0.05) is 26.4 Å². The lowest BCUT2D eigenvalue weighted by Crippen LogP contribution is -2.37. The molecular formula is C15H19N3O2. The molecular weight excluding hydrogens is 254 g/mol. The number of nitrogens with zero attached hydrogens (tertiary/aromatic N) is 3. The van der Waals surface area contributed by atoms with Crippen molar-refractivity contribution in [1.82, 2.24) is 9.38 Å². The first-order valence-corrected chi connectivity index (χ1v) is 6.99. The summed E-state index contributed by atoms with van der Waals surface area (Å²) in [6, 6.07) is 5.77. The Labute approximate surface area is 118 Å². The third-order valence-electron chi connectivity index (χ3n) is 3.88. The van der Waals surface area contributed by atoms with Crippen molar-refractivity contribution >= 4 is 17.8 Å². The number of anilines is 1. The molecule has 1 unspecified atom stereocenters. The standard InChI is InChI=1S/C15H19N3O2/c1-20-11-12-5-4-7-17(9-12)15-13(10-19)18-8-3-2-6-14(18)16-15/h2-3,6,8,10,12H,4-5,7,9,11H2,1H3. The minimum absolute atomic E-state index is 0.512. The third kappa shape index (κ3) is 2.29. The van der Waals surface area contributed by atoms with Gasteiger partial charge in [-0.25, -0.2) is 4.98 Å². The second-order valence-corrected chi connectivity index (χ2v) is 5.28. The van der Waals surface area contributed by atoms with E-state index in [4.69, 9.17) is 4.74 Å². The number of imidazole rings is 1. The van der Waals surface area contributed by atoms with Gasteiger partial charge in [0.1, 0.15) is 11.3 Å². The molecule has 3 rings (SSSR count). The van der Waals surface area contributed by atoms with Gasteiger partial charge in [0.2, 0.25) is 0 Å². The van der Waals surface area contributed by atoms with Crippen LogP contribution in [-0.4, -0.2) is 42.5 Å². The summed E-state index contributed by atoms with van der Waals surface area (Å²) in [4.78, 5) is 18.3. The quantitative estimate of drug-likeness (QED) is 0.799. The normalized spacial score (nSPS) is 19.4. The molecule has 0 bridgehead atoms. The zero-order valence-electron chi connectivity index (χ0n) is 11.7. The fraction of sp³-hybridized carbons (Fsp3) is 0.467. The van der Waals surface area contributed by atoms with E-state index in [9.17, 15) is 4.79 Å². The van der Waals surface area contributed by atoms with E-state index in [1.807, 2.05) is 28.8 Å². The van der Waals surface area contributed by atoms with Crippen molar-refractivity contribution in [1.29, 1.82) is 0 Å². The van der Waals surface area contributed by atoms with Gasteiger partial charge in [-0.05, 0) is 30.9 Å². The fourth-order valence-electron chi connectivity index (χ4n) is 2.97. The Hall–Kier alpha value is -1.88. The van der Waals surface area contributed by atoms with Crippen LogP contribution in [0.4, 0.5) is 5.82 Å². The molecule has 5 heteroatoms. The lowest BCUT2D eigenvalue weighted by Gasteiger charge is -2.32. The molecule has 0 aliphatic carbocycles. The number of hydrogen-bond donors (Lipinski definition) is 0. The predicted molar refractivity (Wildman–Crippen MR) is 77.4 cm³/mol. The monoisotopic (exact) mass is 273 g/mol. The number of methoxy groups -OCH3 is 1. The number of piperidine rings is 1. The molecule has 2 aromatic heterocycles. The number of fused-ring (bicyclic) bond motifs is 1. The molecule has 20 heavy (non-hydrogen) atoms. The highest BCUT2D eigenvalue weighted by atomic mass is 16.5. The number of carbonyl (C=O) groups is 1. The molecule has 1 atom stereocenters. The van der Waals surface area contributed by atoms with Crippen LogP contribution in [0.1, 0.15) is 23.3 Å². The van der Waals surface area contributed by atoms with Gasteiger partial charge in [0.15, 0.2) is 12.1 Å². The molecule has 0 aromatic carbocycles. The highest BCUT2D eigenvalue weighted by Gasteiger charge is 2.24. The molecule has 0 spiro atoms. The zero-order chi connectivity index (χ0) is 13.9. The Balaban J connectivity index is 1.94. The largest absolute Gasteiger partial charge is 0.384 e. The maximum Gasteiger partial charge on any atom is 0.170 e. The van der Waals surface area contributed by atoms with Crippen LogP contribution in [0.3, 0.4) is 0 Å². The van der Waals surface area contributed by atoms with E-state index in [1.165, 1.54) is 6.42 Å². The first-order valence-electron chi connectivity index (χ1n) is 6.99.